The van der Waals surface area contributed by atoms with Gasteiger partial charge in [0.2, 0.25) is 0 Å². The lowest BCUT2D eigenvalue weighted by Gasteiger charge is -2.21. The summed E-state index contributed by atoms with van der Waals surface area (Å²) < 4.78 is 0. The summed E-state index contributed by atoms with van der Waals surface area (Å²) in [6.07, 6.45) is -3.19. The minimum Gasteiger partial charge on any atom is -0.481 e. The molecule has 0 aromatic rings. The summed E-state index contributed by atoms with van der Waals surface area (Å²) >= 11 is 0. The Balaban J connectivity index is 3.01. The van der Waals surface area contributed by atoms with Gasteiger partial charge in [0.25, 0.3) is 0 Å². The molecule has 1 saturated heterocycles. The van der Waals surface area contributed by atoms with Crippen LogP contribution >= 0.6 is 0 Å². The quantitative estimate of drug-likeness (QED) is 0.452. The number of carboxylic acids is 1. The highest BCUT2D eigenvalue weighted by atomic mass is 17.2. The molecule has 1 atom stereocenters. The van der Waals surface area contributed by atoms with Crippen LogP contribution in [-0.4, -0.2) is 45.7 Å². The molecule has 22 heavy (non-hydrogen) atoms. The summed E-state index contributed by atoms with van der Waals surface area (Å²) in [6, 6.07) is 0. The maximum absolute atomic E-state index is 11.6. The standard InChI is InChI=1S/C11H10O11/c1-5-2-7(14)19-20-8(15)4-11(18,3-6(12)13)10(17)22-21-9(5)16/h18H,1-4H2,(H,12,13). The number of aliphatic carboxylic acids is 1. The van der Waals surface area contributed by atoms with Crippen LogP contribution < -0.4 is 0 Å². The summed E-state index contributed by atoms with van der Waals surface area (Å²) in [6.45, 7) is 3.14. The molecule has 0 bridgehead atoms. The molecule has 120 valence electrons. The van der Waals surface area contributed by atoms with Gasteiger partial charge in [-0.2, -0.15) is 0 Å². The van der Waals surface area contributed by atoms with Gasteiger partial charge in [0.1, 0.15) is 0 Å². The molecule has 11 heteroatoms. The maximum Gasteiger partial charge on any atom is 0.387 e. The van der Waals surface area contributed by atoms with Crippen LogP contribution in [0, 0.1) is 0 Å². The number of aliphatic hydroxyl groups is 1. The second-order valence-electron chi connectivity index (χ2n) is 4.21. The normalized spacial score (nSPS) is 24.1. The number of hydrogen-bond acceptors (Lipinski definition) is 10. The molecule has 0 saturated carbocycles. The van der Waals surface area contributed by atoms with E-state index in [4.69, 9.17) is 5.11 Å². The second kappa shape index (κ2) is 6.67. The molecule has 11 nitrogen and oxygen atoms in total. The average molecular weight is 318 g/mol. The van der Waals surface area contributed by atoms with Gasteiger partial charge in [-0.05, 0) is 0 Å². The van der Waals surface area contributed by atoms with E-state index in [0.717, 1.165) is 0 Å². The predicted molar refractivity (Wildman–Crippen MR) is 59.9 cm³/mol. The summed E-state index contributed by atoms with van der Waals surface area (Å²) in [5.74, 6) is -7.34. The number of hydrogen-bond donors (Lipinski definition) is 2. The van der Waals surface area contributed by atoms with Crippen molar-refractivity contribution in [3.05, 3.63) is 12.2 Å². The molecular weight excluding hydrogens is 308 g/mol. The van der Waals surface area contributed by atoms with Gasteiger partial charge < -0.3 is 10.2 Å². The topological polar surface area (TPSA) is 163 Å². The van der Waals surface area contributed by atoms with Crippen molar-refractivity contribution in [3.63, 3.8) is 0 Å². The van der Waals surface area contributed by atoms with E-state index < -0.39 is 60.3 Å². The zero-order chi connectivity index (χ0) is 16.9. The molecule has 0 aromatic heterocycles. The smallest absolute Gasteiger partial charge is 0.387 e. The molecule has 0 radical (unpaired) electrons. The molecule has 2 N–H and O–H groups in total. The first kappa shape index (κ1) is 17.1. The summed E-state index contributed by atoms with van der Waals surface area (Å²) in [5.41, 5.74) is -3.40. The van der Waals surface area contributed by atoms with Gasteiger partial charge in [0.15, 0.2) is 5.60 Å². The minimum absolute atomic E-state index is 0.504. The van der Waals surface area contributed by atoms with Crippen molar-refractivity contribution in [1.29, 1.82) is 0 Å². The first-order valence-electron chi connectivity index (χ1n) is 5.59. The van der Waals surface area contributed by atoms with Crippen LogP contribution in [0.15, 0.2) is 12.2 Å². The second-order valence-corrected chi connectivity index (χ2v) is 4.21. The lowest BCUT2D eigenvalue weighted by molar-refractivity contribution is -0.276. The van der Waals surface area contributed by atoms with Crippen molar-refractivity contribution in [2.24, 2.45) is 0 Å². The SMILES string of the molecule is C=C1CC(=O)OOC(=O)CC(O)(CC(=O)O)C(=O)OOC1=O. The summed E-state index contributed by atoms with van der Waals surface area (Å²) in [7, 11) is 0. The Morgan fingerprint density at radius 3 is 2.27 bits per heavy atom. The molecule has 1 aliphatic rings. The third kappa shape index (κ3) is 4.56. The molecule has 1 heterocycles. The van der Waals surface area contributed by atoms with Crippen molar-refractivity contribution in [2.45, 2.75) is 24.9 Å². The van der Waals surface area contributed by atoms with Gasteiger partial charge in [0.05, 0.1) is 19.3 Å². The van der Waals surface area contributed by atoms with Crippen LogP contribution in [0.3, 0.4) is 0 Å². The molecule has 0 aliphatic carbocycles. The van der Waals surface area contributed by atoms with E-state index in [0.29, 0.717) is 0 Å². The number of carbonyl (C=O) groups is 5. The van der Waals surface area contributed by atoms with Gasteiger partial charge in [-0.25, -0.2) is 38.7 Å². The van der Waals surface area contributed by atoms with Crippen molar-refractivity contribution in [2.75, 3.05) is 0 Å². The van der Waals surface area contributed by atoms with Crippen LogP contribution in [0.4, 0.5) is 0 Å². The van der Waals surface area contributed by atoms with E-state index in [1.807, 2.05) is 0 Å². The fraction of sp³-hybridized carbons (Fsp3) is 0.364. The largest absolute Gasteiger partial charge is 0.481 e. The Bertz CT molecular complexity index is 548. The van der Waals surface area contributed by atoms with E-state index in [9.17, 15) is 29.1 Å². The zero-order valence-electron chi connectivity index (χ0n) is 10.9. The fourth-order valence-corrected chi connectivity index (χ4v) is 1.31. The Hall–Kier alpha value is -2.95. The maximum atomic E-state index is 11.6. The molecule has 0 amide bonds. The highest BCUT2D eigenvalue weighted by Crippen LogP contribution is 2.20. The Morgan fingerprint density at radius 2 is 1.68 bits per heavy atom. The average Bonchev–Trinajstić information content (AvgIpc) is 2.40. The summed E-state index contributed by atoms with van der Waals surface area (Å²) in [4.78, 5) is 72.0. The number of rotatable bonds is 2. The predicted octanol–water partition coefficient (Wildman–Crippen LogP) is -1.45. The summed E-state index contributed by atoms with van der Waals surface area (Å²) in [5, 5.41) is 18.5. The minimum atomic E-state index is -2.89. The van der Waals surface area contributed by atoms with Gasteiger partial charge in [-0.1, -0.05) is 6.58 Å². The van der Waals surface area contributed by atoms with Crippen molar-refractivity contribution < 1.29 is 53.7 Å². The number of carbonyl (C=O) groups excluding carboxylic acids is 4. The first-order chi connectivity index (χ1) is 10.1. The van der Waals surface area contributed by atoms with Gasteiger partial charge >= 0.3 is 29.8 Å². The van der Waals surface area contributed by atoms with Crippen molar-refractivity contribution >= 4 is 29.8 Å². The molecule has 0 spiro atoms. The highest BCUT2D eigenvalue weighted by Gasteiger charge is 2.45. The van der Waals surface area contributed by atoms with E-state index in [2.05, 4.69) is 26.1 Å². The van der Waals surface area contributed by atoms with Gasteiger partial charge in [-0.15, -0.1) is 0 Å². The highest BCUT2D eigenvalue weighted by molar-refractivity contribution is 5.94. The van der Waals surface area contributed by atoms with Crippen molar-refractivity contribution in [3.8, 4) is 0 Å². The Labute approximate surface area is 121 Å². The van der Waals surface area contributed by atoms with E-state index in [1.165, 1.54) is 0 Å². The molecule has 1 rings (SSSR count). The van der Waals surface area contributed by atoms with Crippen LogP contribution in [0.1, 0.15) is 19.3 Å². The van der Waals surface area contributed by atoms with Crippen LogP contribution in [-0.2, 0) is 43.5 Å². The lowest BCUT2D eigenvalue weighted by atomic mass is 9.96. The molecule has 0 aromatic carbocycles. The molecule has 1 aliphatic heterocycles. The zero-order valence-corrected chi connectivity index (χ0v) is 10.9. The van der Waals surface area contributed by atoms with Gasteiger partial charge in [-0.3, -0.25) is 4.79 Å². The number of carboxylic acid groups (broad SMARTS) is 1. The van der Waals surface area contributed by atoms with Gasteiger partial charge in [0, 0.05) is 5.57 Å². The molecule has 1 fully saturated rings. The third-order valence-corrected chi connectivity index (χ3v) is 2.33. The monoisotopic (exact) mass is 318 g/mol. The van der Waals surface area contributed by atoms with E-state index in [1.54, 1.807) is 0 Å². The first-order valence-corrected chi connectivity index (χ1v) is 5.59. The third-order valence-electron chi connectivity index (χ3n) is 2.33. The van der Waals surface area contributed by atoms with E-state index in [-0.39, 0.29) is 0 Å². The Kier molecular flexibility index (Phi) is 5.18. The van der Waals surface area contributed by atoms with Crippen LogP contribution in [0.2, 0.25) is 0 Å². The fourth-order valence-electron chi connectivity index (χ4n) is 1.31. The van der Waals surface area contributed by atoms with Crippen LogP contribution in [0.25, 0.3) is 0 Å². The van der Waals surface area contributed by atoms with Crippen LogP contribution in [0.5, 0.6) is 0 Å². The molecular formula is C11H10O11. The lowest BCUT2D eigenvalue weighted by Crippen LogP contribution is -2.45. The Morgan fingerprint density at radius 1 is 1.09 bits per heavy atom. The van der Waals surface area contributed by atoms with Crippen molar-refractivity contribution in [1.82, 2.24) is 0 Å². The van der Waals surface area contributed by atoms with E-state index >= 15 is 0 Å². The molecule has 1 unspecified atom stereocenters.